The molecule has 100 valence electrons. The lowest BCUT2D eigenvalue weighted by atomic mass is 10.0. The Balaban J connectivity index is 2.74. The van der Waals surface area contributed by atoms with Crippen molar-refractivity contribution < 1.29 is 9.90 Å². The highest BCUT2D eigenvalue weighted by molar-refractivity contribution is 7.97. The van der Waals surface area contributed by atoms with Gasteiger partial charge < -0.3 is 10.4 Å². The van der Waals surface area contributed by atoms with Gasteiger partial charge in [0.1, 0.15) is 0 Å². The van der Waals surface area contributed by atoms with Gasteiger partial charge in [-0.3, -0.25) is 4.79 Å². The van der Waals surface area contributed by atoms with E-state index >= 15 is 0 Å². The van der Waals surface area contributed by atoms with E-state index in [0.717, 1.165) is 11.3 Å². The van der Waals surface area contributed by atoms with Gasteiger partial charge in [0, 0.05) is 11.3 Å². The van der Waals surface area contributed by atoms with Crippen LogP contribution in [0.1, 0.15) is 29.8 Å². The van der Waals surface area contributed by atoms with Crippen LogP contribution in [0.15, 0.2) is 24.3 Å². The minimum atomic E-state index is -0.193. The molecule has 1 amide bonds. The fourth-order valence-electron chi connectivity index (χ4n) is 1.64. The lowest BCUT2D eigenvalue weighted by Gasteiger charge is -2.20. The molecule has 1 rings (SSSR count). The van der Waals surface area contributed by atoms with Crippen molar-refractivity contribution in [2.45, 2.75) is 25.6 Å². The first-order valence-electron chi connectivity index (χ1n) is 6.08. The highest BCUT2D eigenvalue weighted by Crippen LogP contribution is 2.12. The normalized spacial score (nSPS) is 12.5. The molecule has 0 bridgehead atoms. The second-order valence-electron chi connectivity index (χ2n) is 4.64. The molecular weight excluding hydrogens is 246 g/mol. The Bertz CT molecular complexity index is 393. The lowest BCUT2D eigenvalue weighted by Crippen LogP contribution is -2.41. The van der Waals surface area contributed by atoms with E-state index in [4.69, 9.17) is 0 Å². The molecule has 0 fully saturated rings. The highest BCUT2D eigenvalue weighted by atomic mass is 32.2. The maximum atomic E-state index is 12.0. The van der Waals surface area contributed by atoms with Crippen LogP contribution in [-0.4, -0.2) is 29.9 Å². The van der Waals surface area contributed by atoms with Crippen LogP contribution in [0.4, 0.5) is 0 Å². The van der Waals surface area contributed by atoms with E-state index < -0.39 is 0 Å². The molecule has 0 radical (unpaired) electrons. The van der Waals surface area contributed by atoms with Gasteiger partial charge in [0.15, 0.2) is 0 Å². The van der Waals surface area contributed by atoms with Crippen LogP contribution in [-0.2, 0) is 5.75 Å². The van der Waals surface area contributed by atoms with E-state index in [1.54, 1.807) is 17.8 Å². The van der Waals surface area contributed by atoms with E-state index in [9.17, 15) is 9.90 Å². The first-order valence-corrected chi connectivity index (χ1v) is 7.47. The molecule has 4 heteroatoms. The van der Waals surface area contributed by atoms with Crippen molar-refractivity contribution in [3.63, 3.8) is 0 Å². The Labute approximate surface area is 113 Å². The summed E-state index contributed by atoms with van der Waals surface area (Å²) in [5.41, 5.74) is 1.79. The molecule has 0 aliphatic heterocycles. The van der Waals surface area contributed by atoms with Gasteiger partial charge in [-0.05, 0) is 29.9 Å². The van der Waals surface area contributed by atoms with Crippen molar-refractivity contribution in [1.29, 1.82) is 0 Å². The molecule has 0 saturated heterocycles. The Morgan fingerprint density at radius 3 is 2.72 bits per heavy atom. The predicted octanol–water partition coefficient (Wildman–Crippen LogP) is 2.30. The summed E-state index contributed by atoms with van der Waals surface area (Å²) < 4.78 is 0. The fraction of sp³-hybridized carbons (Fsp3) is 0.500. The molecule has 0 aliphatic carbocycles. The topological polar surface area (TPSA) is 49.3 Å². The number of aliphatic hydroxyl groups is 1. The van der Waals surface area contributed by atoms with E-state index in [1.165, 1.54) is 0 Å². The number of hydrogen-bond acceptors (Lipinski definition) is 3. The molecule has 0 aliphatic rings. The second kappa shape index (κ2) is 7.44. The van der Waals surface area contributed by atoms with E-state index in [2.05, 4.69) is 5.32 Å². The molecule has 18 heavy (non-hydrogen) atoms. The quantitative estimate of drug-likeness (QED) is 0.831. The SMILES string of the molecule is CSCc1cccc(C(=O)N[C@H](CO)C(C)C)c1. The number of amides is 1. The zero-order chi connectivity index (χ0) is 13.5. The van der Waals surface area contributed by atoms with Gasteiger partial charge in [-0.1, -0.05) is 26.0 Å². The van der Waals surface area contributed by atoms with Crippen LogP contribution in [0.3, 0.4) is 0 Å². The number of hydrogen-bond donors (Lipinski definition) is 2. The average Bonchev–Trinajstić information content (AvgIpc) is 2.36. The van der Waals surface area contributed by atoms with E-state index in [1.807, 2.05) is 38.3 Å². The summed E-state index contributed by atoms with van der Waals surface area (Å²) in [6, 6.07) is 7.42. The number of benzene rings is 1. The third kappa shape index (κ3) is 4.35. The number of nitrogens with one attached hydrogen (secondary N) is 1. The first-order chi connectivity index (χ1) is 8.58. The van der Waals surface area contributed by atoms with Crippen molar-refractivity contribution in [3.8, 4) is 0 Å². The van der Waals surface area contributed by atoms with Crippen LogP contribution in [0.5, 0.6) is 0 Å². The molecular formula is C14H21NO2S. The standard InChI is InChI=1S/C14H21NO2S/c1-10(2)13(8-16)15-14(17)12-6-4-5-11(7-12)9-18-3/h4-7,10,13,16H,8-9H2,1-3H3,(H,15,17)/t13-/m1/s1. The molecule has 0 heterocycles. The molecule has 0 unspecified atom stereocenters. The minimum absolute atomic E-state index is 0.0338. The van der Waals surface area contributed by atoms with Crippen molar-refractivity contribution in [3.05, 3.63) is 35.4 Å². The summed E-state index contributed by atoms with van der Waals surface area (Å²) in [6.07, 6.45) is 2.04. The van der Waals surface area contributed by atoms with Gasteiger partial charge >= 0.3 is 0 Å². The van der Waals surface area contributed by atoms with Crippen LogP contribution >= 0.6 is 11.8 Å². The van der Waals surface area contributed by atoms with Crippen LogP contribution in [0.25, 0.3) is 0 Å². The number of carbonyl (C=O) groups is 1. The zero-order valence-electron chi connectivity index (χ0n) is 11.1. The second-order valence-corrected chi connectivity index (χ2v) is 5.51. The number of rotatable bonds is 6. The van der Waals surface area contributed by atoms with Crippen molar-refractivity contribution >= 4 is 17.7 Å². The van der Waals surface area contributed by atoms with Crippen molar-refractivity contribution in [2.24, 2.45) is 5.92 Å². The van der Waals surface area contributed by atoms with Crippen LogP contribution < -0.4 is 5.32 Å². The van der Waals surface area contributed by atoms with Gasteiger partial charge in [-0.2, -0.15) is 11.8 Å². The van der Waals surface area contributed by atoms with Crippen molar-refractivity contribution in [1.82, 2.24) is 5.32 Å². The van der Waals surface area contributed by atoms with Gasteiger partial charge in [-0.25, -0.2) is 0 Å². The summed E-state index contributed by atoms with van der Waals surface area (Å²) in [4.78, 5) is 12.0. The smallest absolute Gasteiger partial charge is 0.251 e. The third-order valence-corrected chi connectivity index (χ3v) is 3.44. The highest BCUT2D eigenvalue weighted by Gasteiger charge is 2.16. The number of thioether (sulfide) groups is 1. The summed E-state index contributed by atoms with van der Waals surface area (Å²) in [5.74, 6) is 0.994. The monoisotopic (exact) mass is 267 g/mol. The molecule has 2 N–H and O–H groups in total. The predicted molar refractivity (Wildman–Crippen MR) is 76.8 cm³/mol. The molecule has 1 aromatic rings. The maximum Gasteiger partial charge on any atom is 0.251 e. The zero-order valence-corrected chi connectivity index (χ0v) is 12.0. The van der Waals surface area contributed by atoms with E-state index in [-0.39, 0.29) is 24.5 Å². The van der Waals surface area contributed by atoms with Gasteiger partial charge in [0.25, 0.3) is 5.91 Å². The van der Waals surface area contributed by atoms with Gasteiger partial charge in [-0.15, -0.1) is 0 Å². The minimum Gasteiger partial charge on any atom is -0.394 e. The first kappa shape index (κ1) is 15.1. The molecule has 1 aromatic carbocycles. The summed E-state index contributed by atoms with van der Waals surface area (Å²) in [6.45, 7) is 3.92. The molecule has 0 spiro atoms. The molecule has 0 aromatic heterocycles. The van der Waals surface area contributed by atoms with Crippen LogP contribution in [0, 0.1) is 5.92 Å². The van der Waals surface area contributed by atoms with Crippen LogP contribution in [0.2, 0.25) is 0 Å². The molecule has 1 atom stereocenters. The Hall–Kier alpha value is -1.00. The van der Waals surface area contributed by atoms with Crippen molar-refractivity contribution in [2.75, 3.05) is 12.9 Å². The Morgan fingerprint density at radius 2 is 2.17 bits per heavy atom. The number of carbonyl (C=O) groups excluding carboxylic acids is 1. The number of aliphatic hydroxyl groups excluding tert-OH is 1. The maximum absolute atomic E-state index is 12.0. The summed E-state index contributed by atoms with van der Waals surface area (Å²) in [7, 11) is 0. The van der Waals surface area contributed by atoms with Gasteiger partial charge in [0.2, 0.25) is 0 Å². The third-order valence-electron chi connectivity index (χ3n) is 2.82. The largest absolute Gasteiger partial charge is 0.394 e. The lowest BCUT2D eigenvalue weighted by molar-refractivity contribution is 0.0897. The summed E-state index contributed by atoms with van der Waals surface area (Å²) >= 11 is 1.73. The van der Waals surface area contributed by atoms with Gasteiger partial charge in [0.05, 0.1) is 12.6 Å². The Kier molecular flexibility index (Phi) is 6.22. The average molecular weight is 267 g/mol. The van der Waals surface area contributed by atoms with E-state index in [0.29, 0.717) is 5.56 Å². The molecule has 0 saturated carbocycles. The fourth-order valence-corrected chi connectivity index (χ4v) is 2.16. The Morgan fingerprint density at radius 1 is 1.44 bits per heavy atom. The summed E-state index contributed by atoms with van der Waals surface area (Å²) in [5, 5.41) is 12.1. The molecule has 3 nitrogen and oxygen atoms in total.